The smallest absolute Gasteiger partial charge is 0.274 e. The number of nitro benzene ring substituents is 1. The zero-order chi connectivity index (χ0) is 13.3. The summed E-state index contributed by atoms with van der Waals surface area (Å²) in [6.45, 7) is 5.17. The number of hydrogen-bond donors (Lipinski definition) is 1. The first kappa shape index (κ1) is 12.8. The summed E-state index contributed by atoms with van der Waals surface area (Å²) in [5, 5.41) is 20.8. The van der Waals surface area contributed by atoms with Crippen molar-refractivity contribution in [1.82, 2.24) is 0 Å². The maximum Gasteiger partial charge on any atom is 0.274 e. The van der Waals surface area contributed by atoms with E-state index in [2.05, 4.69) is 0 Å². The average Bonchev–Trinajstić information content (AvgIpc) is 2.33. The lowest BCUT2D eigenvalue weighted by atomic mass is 9.95. The minimum atomic E-state index is -0.364. The van der Waals surface area contributed by atoms with Crippen LogP contribution in [-0.4, -0.2) is 29.2 Å². The van der Waals surface area contributed by atoms with E-state index in [0.717, 1.165) is 18.7 Å². The van der Waals surface area contributed by atoms with Gasteiger partial charge in [-0.2, -0.15) is 0 Å². The quantitative estimate of drug-likeness (QED) is 0.645. The zero-order valence-electron chi connectivity index (χ0n) is 10.7. The summed E-state index contributed by atoms with van der Waals surface area (Å²) in [4.78, 5) is 12.6. The van der Waals surface area contributed by atoms with Gasteiger partial charge in [0.15, 0.2) is 0 Å². The fraction of sp³-hybridized carbons (Fsp3) is 0.538. The van der Waals surface area contributed by atoms with Crippen molar-refractivity contribution in [2.45, 2.75) is 26.4 Å². The molecule has 1 N–H and O–H groups in total. The van der Waals surface area contributed by atoms with E-state index in [1.54, 1.807) is 13.0 Å². The van der Waals surface area contributed by atoms with Crippen molar-refractivity contribution in [3.63, 3.8) is 0 Å². The summed E-state index contributed by atoms with van der Waals surface area (Å²) in [5.74, 6) is 0.292. The first-order valence-corrected chi connectivity index (χ1v) is 6.17. The molecule has 0 bridgehead atoms. The predicted molar refractivity (Wildman–Crippen MR) is 69.8 cm³/mol. The summed E-state index contributed by atoms with van der Waals surface area (Å²) in [6.07, 6.45) is 0.543. The van der Waals surface area contributed by atoms with Gasteiger partial charge in [0.25, 0.3) is 5.69 Å². The van der Waals surface area contributed by atoms with E-state index in [1.807, 2.05) is 17.9 Å². The van der Waals surface area contributed by atoms with Crippen LogP contribution in [0.1, 0.15) is 18.9 Å². The number of aliphatic hydroxyl groups is 1. The molecule has 1 aromatic carbocycles. The number of anilines is 1. The van der Waals surface area contributed by atoms with E-state index in [-0.39, 0.29) is 16.7 Å². The molecule has 2 atom stereocenters. The van der Waals surface area contributed by atoms with Gasteiger partial charge in [0.1, 0.15) is 0 Å². The molecule has 2 unspecified atom stereocenters. The summed E-state index contributed by atoms with van der Waals surface area (Å²) in [6, 6.07) is 5.09. The van der Waals surface area contributed by atoms with E-state index in [9.17, 15) is 15.2 Å². The lowest BCUT2D eigenvalue weighted by Crippen LogP contribution is -2.43. The van der Waals surface area contributed by atoms with Gasteiger partial charge in [-0.05, 0) is 25.3 Å². The molecule has 1 aliphatic heterocycles. The number of β-amino-alcohol motifs (C(OH)–C–C–N with tert-alkyl or cyclic N) is 1. The van der Waals surface area contributed by atoms with Gasteiger partial charge in [-0.25, -0.2) is 0 Å². The molecule has 5 nitrogen and oxygen atoms in total. The SMILES string of the molecule is Cc1c(N2CCC(C)C(O)C2)cccc1[N+](=O)[O-]. The normalized spacial score (nSPS) is 24.1. The average molecular weight is 250 g/mol. The highest BCUT2D eigenvalue weighted by atomic mass is 16.6. The van der Waals surface area contributed by atoms with Crippen LogP contribution in [0.5, 0.6) is 0 Å². The summed E-state index contributed by atoms with van der Waals surface area (Å²) in [7, 11) is 0. The van der Waals surface area contributed by atoms with Crippen LogP contribution in [0, 0.1) is 23.0 Å². The monoisotopic (exact) mass is 250 g/mol. The standard InChI is InChI=1S/C13H18N2O3/c1-9-6-7-14(8-13(9)16)11-4-3-5-12(10(11)2)15(17)18/h3-5,9,13,16H,6-8H2,1-2H3. The molecular weight excluding hydrogens is 232 g/mol. The Labute approximate surface area is 106 Å². The predicted octanol–water partition coefficient (Wildman–Crippen LogP) is 2.11. The first-order valence-electron chi connectivity index (χ1n) is 6.17. The Morgan fingerprint density at radius 3 is 2.83 bits per heavy atom. The molecular formula is C13H18N2O3. The number of hydrogen-bond acceptors (Lipinski definition) is 4. The number of nitro groups is 1. The van der Waals surface area contributed by atoms with E-state index < -0.39 is 0 Å². The fourth-order valence-corrected chi connectivity index (χ4v) is 2.42. The highest BCUT2D eigenvalue weighted by Crippen LogP contribution is 2.31. The van der Waals surface area contributed by atoms with E-state index >= 15 is 0 Å². The third kappa shape index (κ3) is 2.31. The molecule has 1 saturated heterocycles. The summed E-state index contributed by atoms with van der Waals surface area (Å²) in [5.41, 5.74) is 1.67. The molecule has 0 saturated carbocycles. The van der Waals surface area contributed by atoms with Gasteiger partial charge in [-0.1, -0.05) is 13.0 Å². The molecule has 1 heterocycles. The van der Waals surface area contributed by atoms with Crippen molar-refractivity contribution >= 4 is 11.4 Å². The molecule has 2 rings (SSSR count). The van der Waals surface area contributed by atoms with Crippen molar-refractivity contribution in [1.29, 1.82) is 0 Å². The van der Waals surface area contributed by atoms with E-state index in [1.165, 1.54) is 6.07 Å². The van der Waals surface area contributed by atoms with Crippen molar-refractivity contribution in [2.24, 2.45) is 5.92 Å². The van der Waals surface area contributed by atoms with Gasteiger partial charge in [-0.3, -0.25) is 10.1 Å². The van der Waals surface area contributed by atoms with Crippen LogP contribution in [0.3, 0.4) is 0 Å². The molecule has 0 amide bonds. The Balaban J connectivity index is 2.29. The van der Waals surface area contributed by atoms with Crippen molar-refractivity contribution in [2.75, 3.05) is 18.0 Å². The minimum absolute atomic E-state index is 0.139. The van der Waals surface area contributed by atoms with Gasteiger partial charge >= 0.3 is 0 Å². The molecule has 1 aromatic rings. The van der Waals surface area contributed by atoms with E-state index in [0.29, 0.717) is 18.0 Å². The zero-order valence-corrected chi connectivity index (χ0v) is 10.7. The Kier molecular flexibility index (Phi) is 3.52. The molecule has 0 aromatic heterocycles. The highest BCUT2D eigenvalue weighted by molar-refractivity contribution is 5.61. The molecule has 5 heteroatoms. The van der Waals surface area contributed by atoms with Crippen molar-refractivity contribution in [3.8, 4) is 0 Å². The Bertz CT molecular complexity index is 462. The first-order chi connectivity index (χ1) is 8.50. The van der Waals surface area contributed by atoms with Crippen LogP contribution >= 0.6 is 0 Å². The van der Waals surface area contributed by atoms with Gasteiger partial charge in [0, 0.05) is 24.8 Å². The second-order valence-corrected chi connectivity index (χ2v) is 4.96. The highest BCUT2D eigenvalue weighted by Gasteiger charge is 2.26. The molecule has 1 aliphatic rings. The van der Waals surface area contributed by atoms with Crippen molar-refractivity contribution in [3.05, 3.63) is 33.9 Å². The third-order valence-electron chi connectivity index (χ3n) is 3.73. The van der Waals surface area contributed by atoms with Crippen LogP contribution in [0.2, 0.25) is 0 Å². The number of aliphatic hydroxyl groups excluding tert-OH is 1. The van der Waals surface area contributed by atoms with E-state index in [4.69, 9.17) is 0 Å². The Morgan fingerprint density at radius 2 is 2.22 bits per heavy atom. The van der Waals surface area contributed by atoms with Crippen LogP contribution in [-0.2, 0) is 0 Å². The molecule has 1 fully saturated rings. The second kappa shape index (κ2) is 4.94. The number of nitrogens with zero attached hydrogens (tertiary/aromatic N) is 2. The van der Waals surface area contributed by atoms with Gasteiger partial charge < -0.3 is 10.0 Å². The maximum atomic E-state index is 10.9. The molecule has 0 radical (unpaired) electrons. The Morgan fingerprint density at radius 1 is 1.50 bits per heavy atom. The summed E-state index contributed by atoms with van der Waals surface area (Å²) >= 11 is 0. The van der Waals surface area contributed by atoms with Crippen LogP contribution in [0.15, 0.2) is 18.2 Å². The topological polar surface area (TPSA) is 66.6 Å². The number of benzene rings is 1. The lowest BCUT2D eigenvalue weighted by molar-refractivity contribution is -0.385. The summed E-state index contributed by atoms with van der Waals surface area (Å²) < 4.78 is 0. The maximum absolute atomic E-state index is 10.9. The fourth-order valence-electron chi connectivity index (χ4n) is 2.42. The van der Waals surface area contributed by atoms with Crippen LogP contribution < -0.4 is 4.90 Å². The molecule has 18 heavy (non-hydrogen) atoms. The lowest BCUT2D eigenvalue weighted by Gasteiger charge is -2.36. The van der Waals surface area contributed by atoms with Gasteiger partial charge in [0.05, 0.1) is 16.6 Å². The van der Waals surface area contributed by atoms with Gasteiger partial charge in [0.2, 0.25) is 0 Å². The van der Waals surface area contributed by atoms with Crippen LogP contribution in [0.4, 0.5) is 11.4 Å². The van der Waals surface area contributed by atoms with Gasteiger partial charge in [-0.15, -0.1) is 0 Å². The second-order valence-electron chi connectivity index (χ2n) is 4.96. The number of rotatable bonds is 2. The molecule has 0 aliphatic carbocycles. The minimum Gasteiger partial charge on any atom is -0.391 e. The largest absolute Gasteiger partial charge is 0.391 e. The number of piperidine rings is 1. The van der Waals surface area contributed by atoms with Crippen molar-refractivity contribution < 1.29 is 10.0 Å². The molecule has 98 valence electrons. The Hall–Kier alpha value is -1.62. The van der Waals surface area contributed by atoms with Crippen LogP contribution in [0.25, 0.3) is 0 Å². The third-order valence-corrected chi connectivity index (χ3v) is 3.73. The molecule has 0 spiro atoms.